The molecule has 0 aliphatic heterocycles. The van der Waals surface area contributed by atoms with Gasteiger partial charge in [0, 0.05) is 35.2 Å². The van der Waals surface area contributed by atoms with Crippen LogP contribution in [0.15, 0.2) is 60.8 Å². The van der Waals surface area contributed by atoms with Crippen molar-refractivity contribution < 1.29 is 46.4 Å². The van der Waals surface area contributed by atoms with Crippen LogP contribution in [0.5, 0.6) is 34.5 Å². The first-order valence-electron chi connectivity index (χ1n) is 11.7. The second kappa shape index (κ2) is 13.3. The molecule has 1 N–H and O–H groups in total. The molecule has 0 spiro atoms. The van der Waals surface area contributed by atoms with Crippen molar-refractivity contribution in [2.75, 3.05) is 40.9 Å². The van der Waals surface area contributed by atoms with Crippen molar-refractivity contribution in [1.29, 1.82) is 0 Å². The number of ether oxygens (including phenoxy) is 6. The van der Waals surface area contributed by atoms with Crippen molar-refractivity contribution in [2.24, 2.45) is 0 Å². The monoisotopic (exact) mass is 559 g/mol. The maximum absolute atomic E-state index is 12.5. The summed E-state index contributed by atoms with van der Waals surface area (Å²) >= 11 is 0. The minimum atomic E-state index is -4.81. The molecule has 0 saturated carbocycles. The van der Waals surface area contributed by atoms with Crippen molar-refractivity contribution in [3.8, 4) is 34.5 Å². The van der Waals surface area contributed by atoms with Crippen LogP contribution in [0.2, 0.25) is 0 Å². The molecular weight excluding hydrogens is 531 g/mol. The topological polar surface area (TPSA) is 84.5 Å². The van der Waals surface area contributed by atoms with E-state index in [1.54, 1.807) is 24.3 Å². The van der Waals surface area contributed by atoms with Crippen LogP contribution >= 0.6 is 0 Å². The molecule has 0 amide bonds. The number of methoxy groups -OCH3 is 5. The minimum Gasteiger partial charge on any atom is -0.493 e. The van der Waals surface area contributed by atoms with Crippen LogP contribution in [0.1, 0.15) is 21.5 Å². The summed E-state index contributed by atoms with van der Waals surface area (Å²) in [6.07, 6.45) is 1.51. The first kappa shape index (κ1) is 29.8. The van der Waals surface area contributed by atoms with E-state index in [1.807, 2.05) is 12.2 Å². The van der Waals surface area contributed by atoms with E-state index >= 15 is 0 Å². The van der Waals surface area contributed by atoms with Gasteiger partial charge in [-0.25, -0.2) is 0 Å². The van der Waals surface area contributed by atoms with Crippen LogP contribution < -0.4 is 33.7 Å². The third-order valence-electron chi connectivity index (χ3n) is 5.54. The maximum atomic E-state index is 12.5. The van der Waals surface area contributed by atoms with E-state index in [0.717, 1.165) is 17.7 Å². The van der Waals surface area contributed by atoms with E-state index in [1.165, 1.54) is 60.0 Å². The summed E-state index contributed by atoms with van der Waals surface area (Å²) in [6, 6.07) is 11.7. The number of alkyl halides is 3. The SMILES string of the molecule is COc1cc(C=Cc2cc(OC)c(OC)c(OC)c2)c(NC=CC(=O)c2ccc(OC(F)(F)F)cc2)cc1OC. The van der Waals surface area contributed by atoms with Gasteiger partial charge in [-0.05, 0) is 48.0 Å². The van der Waals surface area contributed by atoms with Gasteiger partial charge in [-0.2, -0.15) is 0 Å². The number of hydrogen-bond donors (Lipinski definition) is 1. The first-order valence-corrected chi connectivity index (χ1v) is 11.7. The zero-order valence-electron chi connectivity index (χ0n) is 22.4. The van der Waals surface area contributed by atoms with E-state index in [-0.39, 0.29) is 5.56 Å². The van der Waals surface area contributed by atoms with E-state index in [4.69, 9.17) is 23.7 Å². The van der Waals surface area contributed by atoms with Gasteiger partial charge in [-0.3, -0.25) is 4.79 Å². The second-order valence-electron chi connectivity index (χ2n) is 8.00. The van der Waals surface area contributed by atoms with E-state index in [9.17, 15) is 18.0 Å². The zero-order chi connectivity index (χ0) is 29.3. The van der Waals surface area contributed by atoms with Crippen LogP contribution in [-0.2, 0) is 0 Å². The fourth-order valence-corrected chi connectivity index (χ4v) is 3.67. The lowest BCUT2D eigenvalue weighted by Crippen LogP contribution is -2.17. The number of halogens is 3. The Morgan fingerprint density at radius 3 is 1.85 bits per heavy atom. The Labute approximate surface area is 229 Å². The number of ketones is 1. The summed E-state index contributed by atoms with van der Waals surface area (Å²) in [5.74, 6) is 1.54. The third kappa shape index (κ3) is 7.62. The standard InChI is InChI=1S/C29H28F3NO7/c1-35-24-16-20(7-6-18-14-26(37-3)28(39-5)27(15-18)38-4)22(17-25(24)36-2)33-13-12-23(34)19-8-10-21(11-9-19)40-29(30,31)32/h6-17,33H,1-5H3. The Balaban J connectivity index is 1.87. The number of carbonyl (C=O) groups is 1. The first-order chi connectivity index (χ1) is 19.1. The Kier molecular flexibility index (Phi) is 9.91. The molecule has 0 aromatic heterocycles. The fourth-order valence-electron chi connectivity index (χ4n) is 3.67. The lowest BCUT2D eigenvalue weighted by molar-refractivity contribution is -0.274. The van der Waals surface area contributed by atoms with Crippen LogP contribution in [0, 0.1) is 0 Å². The van der Waals surface area contributed by atoms with Crippen LogP contribution in [0.4, 0.5) is 18.9 Å². The number of allylic oxidation sites excluding steroid dienone is 1. The molecule has 0 unspecified atom stereocenters. The Hall–Kier alpha value is -4.80. The number of rotatable bonds is 12. The highest BCUT2D eigenvalue weighted by atomic mass is 19.4. The van der Waals surface area contributed by atoms with Gasteiger partial charge in [-0.1, -0.05) is 12.2 Å². The summed E-state index contributed by atoms with van der Waals surface area (Å²) in [5, 5.41) is 3.05. The van der Waals surface area contributed by atoms with Gasteiger partial charge in [0.05, 0.1) is 35.5 Å². The molecule has 0 radical (unpaired) electrons. The van der Waals surface area contributed by atoms with Gasteiger partial charge in [-0.15, -0.1) is 13.2 Å². The molecule has 40 heavy (non-hydrogen) atoms. The summed E-state index contributed by atoms with van der Waals surface area (Å²) in [6.45, 7) is 0. The Morgan fingerprint density at radius 1 is 0.750 bits per heavy atom. The van der Waals surface area contributed by atoms with Crippen LogP contribution in [0.3, 0.4) is 0 Å². The van der Waals surface area contributed by atoms with Gasteiger partial charge < -0.3 is 33.7 Å². The number of carbonyl (C=O) groups excluding carboxylic acids is 1. The molecule has 0 bridgehead atoms. The maximum Gasteiger partial charge on any atom is 0.573 e. The lowest BCUT2D eigenvalue weighted by atomic mass is 10.1. The summed E-state index contributed by atoms with van der Waals surface area (Å²) in [4.78, 5) is 12.5. The molecular formula is C29H28F3NO7. The lowest BCUT2D eigenvalue weighted by Gasteiger charge is -2.14. The van der Waals surface area contributed by atoms with Gasteiger partial charge >= 0.3 is 6.36 Å². The highest BCUT2D eigenvalue weighted by Gasteiger charge is 2.31. The van der Waals surface area contributed by atoms with E-state index in [0.29, 0.717) is 40.0 Å². The van der Waals surface area contributed by atoms with Crippen molar-refractivity contribution in [2.45, 2.75) is 6.36 Å². The van der Waals surface area contributed by atoms with Gasteiger partial charge in [0.2, 0.25) is 5.75 Å². The van der Waals surface area contributed by atoms with Crippen molar-refractivity contribution in [3.63, 3.8) is 0 Å². The average molecular weight is 560 g/mol. The number of hydrogen-bond acceptors (Lipinski definition) is 8. The molecule has 0 aliphatic rings. The molecule has 8 nitrogen and oxygen atoms in total. The molecule has 3 aromatic carbocycles. The fraction of sp³-hybridized carbons (Fsp3) is 0.207. The molecule has 3 aromatic rings. The largest absolute Gasteiger partial charge is 0.573 e. The predicted molar refractivity (Wildman–Crippen MR) is 145 cm³/mol. The summed E-state index contributed by atoms with van der Waals surface area (Å²) in [7, 11) is 7.59. The third-order valence-corrected chi connectivity index (χ3v) is 5.54. The molecule has 3 rings (SSSR count). The van der Waals surface area contributed by atoms with E-state index in [2.05, 4.69) is 10.1 Å². The molecule has 11 heteroatoms. The zero-order valence-corrected chi connectivity index (χ0v) is 22.4. The highest BCUT2D eigenvalue weighted by Crippen LogP contribution is 2.39. The van der Waals surface area contributed by atoms with E-state index < -0.39 is 17.9 Å². The molecule has 0 atom stereocenters. The molecule has 0 fully saturated rings. The van der Waals surface area contributed by atoms with Crippen molar-refractivity contribution in [3.05, 3.63) is 77.5 Å². The minimum absolute atomic E-state index is 0.183. The highest BCUT2D eigenvalue weighted by molar-refractivity contribution is 6.04. The smallest absolute Gasteiger partial charge is 0.493 e. The number of nitrogens with one attached hydrogen (secondary N) is 1. The molecule has 212 valence electrons. The van der Waals surface area contributed by atoms with Crippen LogP contribution in [-0.4, -0.2) is 47.7 Å². The van der Waals surface area contributed by atoms with Crippen LogP contribution in [0.25, 0.3) is 12.2 Å². The number of anilines is 1. The Morgan fingerprint density at radius 2 is 1.32 bits per heavy atom. The summed E-state index contributed by atoms with van der Waals surface area (Å²) in [5.41, 5.74) is 2.22. The molecule has 0 saturated heterocycles. The Bertz CT molecular complexity index is 1360. The predicted octanol–water partition coefficient (Wildman–Crippen LogP) is 6.61. The summed E-state index contributed by atoms with van der Waals surface area (Å²) < 4.78 is 68.0. The van der Waals surface area contributed by atoms with Gasteiger partial charge in [0.1, 0.15) is 5.75 Å². The van der Waals surface area contributed by atoms with Crippen molar-refractivity contribution >= 4 is 23.6 Å². The second-order valence-corrected chi connectivity index (χ2v) is 8.00. The normalized spacial score (nSPS) is 11.4. The molecule has 0 heterocycles. The molecule has 0 aliphatic carbocycles. The van der Waals surface area contributed by atoms with Crippen molar-refractivity contribution in [1.82, 2.24) is 0 Å². The van der Waals surface area contributed by atoms with Gasteiger partial charge in [0.25, 0.3) is 0 Å². The number of benzene rings is 3. The van der Waals surface area contributed by atoms with Gasteiger partial charge in [0.15, 0.2) is 28.8 Å². The average Bonchev–Trinajstić information content (AvgIpc) is 2.94. The quantitative estimate of drug-likeness (QED) is 0.151.